The molecule has 1 atom stereocenters. The Labute approximate surface area is 120 Å². The first-order chi connectivity index (χ1) is 9.94. The first-order valence-corrected chi connectivity index (χ1v) is 6.57. The summed E-state index contributed by atoms with van der Waals surface area (Å²) in [4.78, 5) is 24.7. The van der Waals surface area contributed by atoms with Crippen LogP contribution < -0.4 is 10.6 Å². The number of likely N-dealkylation sites (tertiary alicyclic amines) is 1. The fourth-order valence-electron chi connectivity index (χ4n) is 2.14. The van der Waals surface area contributed by atoms with E-state index in [1.807, 2.05) is 0 Å². The zero-order valence-corrected chi connectivity index (χ0v) is 11.6. The molecule has 1 aliphatic heterocycles. The van der Waals surface area contributed by atoms with Gasteiger partial charge in [-0.25, -0.2) is 13.6 Å². The van der Waals surface area contributed by atoms with Gasteiger partial charge in [0.15, 0.2) is 5.82 Å². The number of aromatic nitrogens is 2. The summed E-state index contributed by atoms with van der Waals surface area (Å²) in [7, 11) is 1.68. The molecule has 0 aromatic carbocycles. The van der Waals surface area contributed by atoms with Crippen molar-refractivity contribution in [3.8, 4) is 0 Å². The number of halogens is 2. The van der Waals surface area contributed by atoms with Crippen LogP contribution in [-0.4, -0.2) is 52.7 Å². The number of amides is 3. The van der Waals surface area contributed by atoms with E-state index in [9.17, 15) is 18.4 Å². The average molecular weight is 301 g/mol. The number of rotatable bonds is 4. The first-order valence-electron chi connectivity index (χ1n) is 6.57. The molecule has 9 heteroatoms. The third kappa shape index (κ3) is 4.40. The monoisotopic (exact) mass is 301 g/mol. The Bertz CT molecular complexity index is 520. The van der Waals surface area contributed by atoms with Crippen molar-refractivity contribution in [2.24, 2.45) is 0 Å². The molecule has 3 amide bonds. The summed E-state index contributed by atoms with van der Waals surface area (Å²) < 4.78 is 25.4. The summed E-state index contributed by atoms with van der Waals surface area (Å²) in [5, 5.41) is 9.02. The van der Waals surface area contributed by atoms with Crippen molar-refractivity contribution in [2.75, 3.05) is 18.9 Å². The standard InChI is InChI=1S/C12H17F2N5O2/c1-18-6-8(2-3-11(18)20)15-12(21)16-10-4-5-19(17-10)7-9(13)14/h4-5,8-9H,2-3,6-7H2,1H3,(H2,15,16,17,21)/t8-/m0/s1. The molecule has 21 heavy (non-hydrogen) atoms. The lowest BCUT2D eigenvalue weighted by Crippen LogP contribution is -2.49. The molecule has 0 aliphatic carbocycles. The molecule has 0 bridgehead atoms. The molecule has 7 nitrogen and oxygen atoms in total. The number of nitrogens with one attached hydrogen (secondary N) is 2. The molecule has 0 unspecified atom stereocenters. The molecule has 1 saturated heterocycles. The number of piperidine rings is 1. The molecule has 116 valence electrons. The topological polar surface area (TPSA) is 79.3 Å². The number of anilines is 1. The minimum absolute atomic E-state index is 0.0548. The van der Waals surface area contributed by atoms with E-state index >= 15 is 0 Å². The molecule has 2 heterocycles. The van der Waals surface area contributed by atoms with Crippen molar-refractivity contribution in [3.05, 3.63) is 12.3 Å². The second kappa shape index (κ2) is 6.51. The minimum Gasteiger partial charge on any atom is -0.344 e. The lowest BCUT2D eigenvalue weighted by atomic mass is 10.1. The maximum Gasteiger partial charge on any atom is 0.320 e. The number of carbonyl (C=O) groups is 2. The Kier molecular flexibility index (Phi) is 4.71. The molecule has 0 spiro atoms. The third-order valence-corrected chi connectivity index (χ3v) is 3.17. The zero-order valence-electron chi connectivity index (χ0n) is 11.6. The Morgan fingerprint density at radius 3 is 3.00 bits per heavy atom. The summed E-state index contributed by atoms with van der Waals surface area (Å²) in [6.45, 7) is -0.0646. The number of nitrogens with zero attached hydrogens (tertiary/aromatic N) is 3. The van der Waals surface area contributed by atoms with Gasteiger partial charge >= 0.3 is 6.03 Å². The number of hydrogen-bond acceptors (Lipinski definition) is 3. The van der Waals surface area contributed by atoms with Gasteiger partial charge in [-0.3, -0.25) is 14.8 Å². The summed E-state index contributed by atoms with van der Waals surface area (Å²) in [6, 6.07) is 0.847. The summed E-state index contributed by atoms with van der Waals surface area (Å²) in [6.07, 6.45) is -0.155. The van der Waals surface area contributed by atoms with Gasteiger partial charge in [0.1, 0.15) is 6.54 Å². The van der Waals surface area contributed by atoms with Crippen LogP contribution in [0.5, 0.6) is 0 Å². The van der Waals surface area contributed by atoms with Crippen LogP contribution >= 0.6 is 0 Å². The van der Waals surface area contributed by atoms with Crippen molar-refractivity contribution in [1.82, 2.24) is 20.0 Å². The fraction of sp³-hybridized carbons (Fsp3) is 0.583. The Morgan fingerprint density at radius 1 is 1.57 bits per heavy atom. The fourth-order valence-corrected chi connectivity index (χ4v) is 2.14. The van der Waals surface area contributed by atoms with Crippen molar-refractivity contribution in [2.45, 2.75) is 31.9 Å². The smallest absolute Gasteiger partial charge is 0.320 e. The number of urea groups is 1. The highest BCUT2D eigenvalue weighted by Gasteiger charge is 2.24. The van der Waals surface area contributed by atoms with E-state index in [-0.39, 0.29) is 17.8 Å². The lowest BCUT2D eigenvalue weighted by Gasteiger charge is -2.29. The van der Waals surface area contributed by atoms with E-state index in [0.717, 1.165) is 4.68 Å². The summed E-state index contributed by atoms with van der Waals surface area (Å²) >= 11 is 0. The van der Waals surface area contributed by atoms with Gasteiger partial charge in [-0.1, -0.05) is 0 Å². The highest BCUT2D eigenvalue weighted by Crippen LogP contribution is 2.10. The SMILES string of the molecule is CN1C[C@@H](NC(=O)Nc2ccn(CC(F)F)n2)CCC1=O. The average Bonchev–Trinajstić information content (AvgIpc) is 2.80. The molecular weight excluding hydrogens is 284 g/mol. The lowest BCUT2D eigenvalue weighted by molar-refractivity contribution is -0.132. The van der Waals surface area contributed by atoms with Crippen LogP contribution in [0.2, 0.25) is 0 Å². The predicted molar refractivity (Wildman–Crippen MR) is 71.0 cm³/mol. The van der Waals surface area contributed by atoms with E-state index in [1.165, 1.54) is 12.3 Å². The molecular formula is C12H17F2N5O2. The van der Waals surface area contributed by atoms with Gasteiger partial charge in [0.25, 0.3) is 6.43 Å². The van der Waals surface area contributed by atoms with Gasteiger partial charge in [0.05, 0.1) is 0 Å². The van der Waals surface area contributed by atoms with Crippen LogP contribution in [-0.2, 0) is 11.3 Å². The maximum atomic E-state index is 12.2. The van der Waals surface area contributed by atoms with Crippen LogP contribution in [0.15, 0.2) is 12.3 Å². The van der Waals surface area contributed by atoms with Gasteiger partial charge in [-0.15, -0.1) is 0 Å². The molecule has 1 aromatic rings. The van der Waals surface area contributed by atoms with Crippen LogP contribution in [0.4, 0.5) is 19.4 Å². The van der Waals surface area contributed by atoms with E-state index in [2.05, 4.69) is 15.7 Å². The third-order valence-electron chi connectivity index (χ3n) is 3.17. The highest BCUT2D eigenvalue weighted by molar-refractivity contribution is 5.88. The molecule has 0 saturated carbocycles. The Morgan fingerprint density at radius 2 is 2.33 bits per heavy atom. The van der Waals surface area contributed by atoms with Crippen LogP contribution in [0.25, 0.3) is 0 Å². The van der Waals surface area contributed by atoms with Crippen molar-refractivity contribution in [3.63, 3.8) is 0 Å². The number of hydrogen-bond donors (Lipinski definition) is 2. The molecule has 2 rings (SSSR count). The van der Waals surface area contributed by atoms with Crippen LogP contribution in [0, 0.1) is 0 Å². The van der Waals surface area contributed by atoms with Crippen molar-refractivity contribution >= 4 is 17.8 Å². The minimum atomic E-state index is -2.50. The van der Waals surface area contributed by atoms with E-state index < -0.39 is 19.0 Å². The van der Waals surface area contributed by atoms with E-state index in [4.69, 9.17) is 0 Å². The summed E-state index contributed by atoms with van der Waals surface area (Å²) in [5.41, 5.74) is 0. The number of carbonyl (C=O) groups excluding carboxylic acids is 2. The van der Waals surface area contributed by atoms with Gasteiger partial charge in [0.2, 0.25) is 5.91 Å². The van der Waals surface area contributed by atoms with E-state index in [1.54, 1.807) is 11.9 Å². The van der Waals surface area contributed by atoms with Gasteiger partial charge in [0, 0.05) is 38.3 Å². The van der Waals surface area contributed by atoms with Crippen molar-refractivity contribution < 1.29 is 18.4 Å². The van der Waals surface area contributed by atoms with Gasteiger partial charge in [-0.2, -0.15) is 5.10 Å². The predicted octanol–water partition coefficient (Wildman–Crippen LogP) is 0.890. The second-order valence-corrected chi connectivity index (χ2v) is 4.92. The highest BCUT2D eigenvalue weighted by atomic mass is 19.3. The van der Waals surface area contributed by atoms with Crippen LogP contribution in [0.3, 0.4) is 0 Å². The molecule has 1 aliphatic rings. The Hall–Kier alpha value is -2.19. The normalized spacial score (nSPS) is 19.0. The quantitative estimate of drug-likeness (QED) is 0.867. The van der Waals surface area contributed by atoms with Crippen LogP contribution in [0.1, 0.15) is 12.8 Å². The first kappa shape index (κ1) is 15.2. The van der Waals surface area contributed by atoms with Crippen molar-refractivity contribution in [1.29, 1.82) is 0 Å². The Balaban J connectivity index is 1.81. The number of likely N-dealkylation sites (N-methyl/N-ethyl adjacent to an activating group) is 1. The molecule has 0 radical (unpaired) electrons. The second-order valence-electron chi connectivity index (χ2n) is 4.92. The molecule has 1 aromatic heterocycles. The van der Waals surface area contributed by atoms with E-state index in [0.29, 0.717) is 19.4 Å². The largest absolute Gasteiger partial charge is 0.344 e. The number of alkyl halides is 2. The zero-order chi connectivity index (χ0) is 15.4. The molecule has 2 N–H and O–H groups in total. The van der Waals surface area contributed by atoms with Gasteiger partial charge < -0.3 is 10.2 Å². The summed E-state index contributed by atoms with van der Waals surface area (Å²) in [5.74, 6) is 0.257. The molecule has 1 fully saturated rings. The van der Waals surface area contributed by atoms with Gasteiger partial charge in [-0.05, 0) is 6.42 Å². The maximum absolute atomic E-state index is 12.2.